The molecule has 3 rings (SSSR count). The maximum absolute atomic E-state index is 14.8. The smallest absolute Gasteiger partial charge is 0.229 e. The Kier molecular flexibility index (Phi) is 4.03. The second kappa shape index (κ2) is 5.99. The maximum atomic E-state index is 14.8. The molecule has 0 fully saturated rings. The van der Waals surface area contributed by atoms with E-state index in [1.54, 1.807) is 10.6 Å². The predicted molar refractivity (Wildman–Crippen MR) is 91.2 cm³/mol. The quantitative estimate of drug-likeness (QED) is 0.628. The molecule has 3 aromatic rings. The Bertz CT molecular complexity index is 847. The largest absolute Gasteiger partial charge is 0.280 e. The van der Waals surface area contributed by atoms with E-state index in [1.807, 2.05) is 61.1 Å². The van der Waals surface area contributed by atoms with Crippen LogP contribution in [0.25, 0.3) is 17.1 Å². The number of halogens is 1. The molecule has 0 saturated heterocycles. The van der Waals surface area contributed by atoms with Gasteiger partial charge in [0.05, 0.1) is 5.69 Å². The van der Waals surface area contributed by atoms with Crippen LogP contribution >= 0.6 is 0 Å². The Hall–Kier alpha value is -2.42. The molecule has 0 N–H and O–H groups in total. The second-order valence-corrected chi connectivity index (χ2v) is 6.24. The molecule has 0 radical (unpaired) electrons. The van der Waals surface area contributed by atoms with Gasteiger partial charge in [0, 0.05) is 12.1 Å². The molecule has 2 heterocycles. The van der Waals surface area contributed by atoms with Crippen molar-refractivity contribution < 1.29 is 8.96 Å². The minimum Gasteiger partial charge on any atom is -0.280 e. The van der Waals surface area contributed by atoms with E-state index in [0.29, 0.717) is 5.92 Å². The van der Waals surface area contributed by atoms with E-state index < -0.39 is 0 Å². The minimum absolute atomic E-state index is 0.227. The molecular formula is C20H22FN2+. The molecule has 0 spiro atoms. The molecule has 0 aliphatic rings. The van der Waals surface area contributed by atoms with Crippen LogP contribution in [0.3, 0.4) is 0 Å². The van der Waals surface area contributed by atoms with Crippen molar-refractivity contribution in [3.63, 3.8) is 0 Å². The van der Waals surface area contributed by atoms with Crippen molar-refractivity contribution >= 4 is 0 Å². The summed E-state index contributed by atoms with van der Waals surface area (Å²) in [4.78, 5) is 0. The number of hydrogen-bond donors (Lipinski definition) is 0. The van der Waals surface area contributed by atoms with E-state index in [9.17, 15) is 4.39 Å². The van der Waals surface area contributed by atoms with Crippen LogP contribution in [0, 0.1) is 12.9 Å². The van der Waals surface area contributed by atoms with Gasteiger partial charge in [0.15, 0.2) is 12.1 Å². The molecule has 0 aliphatic carbocycles. The third-order valence-corrected chi connectivity index (χ3v) is 4.24. The van der Waals surface area contributed by atoms with E-state index >= 15 is 0 Å². The molecule has 3 heteroatoms. The number of nitrogens with zero attached hydrogens (tertiary/aromatic N) is 2. The first-order valence-corrected chi connectivity index (χ1v) is 7.93. The zero-order chi connectivity index (χ0) is 16.6. The molecule has 0 bridgehead atoms. The predicted octanol–water partition coefficient (Wildman–Crippen LogP) is 4.54. The Morgan fingerprint density at radius 2 is 1.74 bits per heavy atom. The van der Waals surface area contributed by atoms with E-state index in [1.165, 1.54) is 0 Å². The summed E-state index contributed by atoms with van der Waals surface area (Å²) in [6.45, 7) is 6.23. The number of aromatic nitrogens is 2. The SMILES string of the molecule is Cc1cc(F)n(-c2ccccc2C(C)C)c1-c1cccc[n+]1C. The molecule has 118 valence electrons. The summed E-state index contributed by atoms with van der Waals surface area (Å²) in [6, 6.07) is 15.6. The van der Waals surface area contributed by atoms with Crippen molar-refractivity contribution in [1.82, 2.24) is 4.57 Å². The molecule has 0 aliphatic heterocycles. The number of aryl methyl sites for hydroxylation is 2. The van der Waals surface area contributed by atoms with Crippen molar-refractivity contribution in [3.8, 4) is 17.1 Å². The van der Waals surface area contributed by atoms with E-state index in [0.717, 1.165) is 28.2 Å². The van der Waals surface area contributed by atoms with Gasteiger partial charge in [0.1, 0.15) is 12.7 Å². The van der Waals surface area contributed by atoms with E-state index in [4.69, 9.17) is 0 Å². The molecule has 2 nitrogen and oxygen atoms in total. The van der Waals surface area contributed by atoms with Crippen molar-refractivity contribution in [2.75, 3.05) is 0 Å². The van der Waals surface area contributed by atoms with Crippen LogP contribution in [-0.4, -0.2) is 4.57 Å². The van der Waals surface area contributed by atoms with Gasteiger partial charge in [-0.15, -0.1) is 0 Å². The van der Waals surface area contributed by atoms with Crippen LogP contribution in [0.5, 0.6) is 0 Å². The molecule has 23 heavy (non-hydrogen) atoms. The fourth-order valence-corrected chi connectivity index (χ4v) is 3.10. The molecule has 2 aromatic heterocycles. The van der Waals surface area contributed by atoms with Crippen LogP contribution in [0.15, 0.2) is 54.7 Å². The third-order valence-electron chi connectivity index (χ3n) is 4.24. The Balaban J connectivity index is 2.33. The van der Waals surface area contributed by atoms with Crippen molar-refractivity contribution in [1.29, 1.82) is 0 Å². The zero-order valence-corrected chi connectivity index (χ0v) is 14.0. The number of hydrogen-bond acceptors (Lipinski definition) is 0. The molecule has 1 aromatic carbocycles. The fraction of sp³-hybridized carbons (Fsp3) is 0.250. The lowest BCUT2D eigenvalue weighted by Gasteiger charge is -2.16. The van der Waals surface area contributed by atoms with Gasteiger partial charge in [-0.05, 0) is 42.2 Å². The Morgan fingerprint density at radius 1 is 1.04 bits per heavy atom. The average molecular weight is 309 g/mol. The van der Waals surface area contributed by atoms with Crippen LogP contribution in [0.1, 0.15) is 30.9 Å². The van der Waals surface area contributed by atoms with Gasteiger partial charge in [-0.1, -0.05) is 32.0 Å². The highest BCUT2D eigenvalue weighted by atomic mass is 19.1. The summed E-state index contributed by atoms with van der Waals surface area (Å²) in [5.74, 6) is 0.0973. The molecule has 0 atom stereocenters. The number of rotatable bonds is 3. The van der Waals surface area contributed by atoms with Crippen molar-refractivity contribution in [2.45, 2.75) is 26.7 Å². The van der Waals surface area contributed by atoms with E-state index in [2.05, 4.69) is 19.9 Å². The van der Waals surface area contributed by atoms with Gasteiger partial charge in [-0.2, -0.15) is 8.96 Å². The van der Waals surface area contributed by atoms with E-state index in [-0.39, 0.29) is 5.95 Å². The maximum Gasteiger partial charge on any atom is 0.229 e. The summed E-state index contributed by atoms with van der Waals surface area (Å²) in [6.07, 6.45) is 1.98. The van der Waals surface area contributed by atoms with Crippen molar-refractivity contribution in [3.05, 3.63) is 71.8 Å². The normalized spacial score (nSPS) is 11.2. The van der Waals surface area contributed by atoms with Gasteiger partial charge in [-0.25, -0.2) is 0 Å². The van der Waals surface area contributed by atoms with Crippen LogP contribution in [-0.2, 0) is 7.05 Å². The van der Waals surface area contributed by atoms with Gasteiger partial charge < -0.3 is 0 Å². The topological polar surface area (TPSA) is 8.81 Å². The summed E-state index contributed by atoms with van der Waals surface area (Å²) in [7, 11) is 1.98. The molecule has 0 amide bonds. The molecular weight excluding hydrogens is 287 g/mol. The third kappa shape index (κ3) is 2.67. The fourth-order valence-electron chi connectivity index (χ4n) is 3.10. The summed E-state index contributed by atoms with van der Waals surface area (Å²) >= 11 is 0. The Morgan fingerprint density at radius 3 is 2.43 bits per heavy atom. The number of para-hydroxylation sites is 1. The minimum atomic E-state index is -0.227. The van der Waals surface area contributed by atoms with Gasteiger partial charge in [-0.3, -0.25) is 4.57 Å². The first-order valence-electron chi connectivity index (χ1n) is 7.93. The van der Waals surface area contributed by atoms with Crippen LogP contribution in [0.4, 0.5) is 4.39 Å². The Labute approximate surface area is 136 Å². The summed E-state index contributed by atoms with van der Waals surface area (Å²) in [5, 5.41) is 0. The average Bonchev–Trinajstić information content (AvgIpc) is 2.82. The van der Waals surface area contributed by atoms with Crippen LogP contribution < -0.4 is 4.57 Å². The lowest BCUT2D eigenvalue weighted by Crippen LogP contribution is -2.31. The van der Waals surface area contributed by atoms with Crippen molar-refractivity contribution in [2.24, 2.45) is 7.05 Å². The first kappa shape index (κ1) is 15.5. The number of pyridine rings is 1. The number of benzene rings is 1. The van der Waals surface area contributed by atoms with Gasteiger partial charge >= 0.3 is 0 Å². The summed E-state index contributed by atoms with van der Waals surface area (Å²) in [5.41, 5.74) is 4.88. The monoisotopic (exact) mass is 309 g/mol. The zero-order valence-electron chi connectivity index (χ0n) is 14.0. The first-order chi connectivity index (χ1) is 11.0. The van der Waals surface area contributed by atoms with Gasteiger partial charge in [0.25, 0.3) is 0 Å². The summed E-state index contributed by atoms with van der Waals surface area (Å²) < 4.78 is 18.5. The lowest BCUT2D eigenvalue weighted by atomic mass is 10.0. The molecule has 0 unspecified atom stereocenters. The highest BCUT2D eigenvalue weighted by Crippen LogP contribution is 2.31. The van der Waals surface area contributed by atoms with Gasteiger partial charge in [0.2, 0.25) is 5.69 Å². The highest BCUT2D eigenvalue weighted by Gasteiger charge is 2.23. The lowest BCUT2D eigenvalue weighted by molar-refractivity contribution is -0.660. The second-order valence-electron chi connectivity index (χ2n) is 6.24. The van der Waals surface area contributed by atoms with Crippen LogP contribution in [0.2, 0.25) is 0 Å². The molecule has 0 saturated carbocycles. The highest BCUT2D eigenvalue weighted by molar-refractivity contribution is 5.62. The standard InChI is InChI=1S/C20H22FN2/c1-14(2)16-9-5-6-10-17(16)23-19(21)13-15(3)20(23)18-11-7-8-12-22(18)4/h5-14H,1-4H3/q+1.